The molecule has 5 nitrogen and oxygen atoms in total. The summed E-state index contributed by atoms with van der Waals surface area (Å²) in [6.45, 7) is 0.595. The van der Waals surface area contributed by atoms with Crippen molar-refractivity contribution in [3.8, 4) is 5.75 Å². The minimum absolute atomic E-state index is 0.185. The lowest BCUT2D eigenvalue weighted by Gasteiger charge is -2.09. The fourth-order valence-corrected chi connectivity index (χ4v) is 3.35. The molecule has 0 spiro atoms. The zero-order valence-corrected chi connectivity index (χ0v) is 13.9. The van der Waals surface area contributed by atoms with E-state index in [1.54, 1.807) is 0 Å². The van der Waals surface area contributed by atoms with Crippen molar-refractivity contribution < 1.29 is 5.11 Å². The number of fused-ring (bicyclic) bond motifs is 1. The van der Waals surface area contributed by atoms with E-state index in [2.05, 4.69) is 47.1 Å². The van der Waals surface area contributed by atoms with Gasteiger partial charge in [-0.15, -0.1) is 0 Å². The zero-order valence-electron chi connectivity index (χ0n) is 10.7. The number of nitrogens with one attached hydrogen (secondary N) is 3. The van der Waals surface area contributed by atoms with Crippen LogP contribution in [0.4, 0.5) is 5.69 Å². The summed E-state index contributed by atoms with van der Waals surface area (Å²) in [4.78, 5) is 16.6. The number of aromatic nitrogens is 2. The number of hydrogen-bond donors (Lipinski definition) is 4. The van der Waals surface area contributed by atoms with E-state index in [0.29, 0.717) is 15.5 Å². The molecule has 0 aliphatic carbocycles. The van der Waals surface area contributed by atoms with Crippen molar-refractivity contribution in [3.05, 3.63) is 55.3 Å². The molecule has 7 heteroatoms. The predicted molar refractivity (Wildman–Crippen MR) is 89.8 cm³/mol. The van der Waals surface area contributed by atoms with Gasteiger partial charge >= 0.3 is 5.69 Å². The number of hydrogen-bond acceptors (Lipinski definition) is 3. The summed E-state index contributed by atoms with van der Waals surface area (Å²) in [7, 11) is 0. The normalized spacial score (nSPS) is 11.0. The molecule has 2 aromatic carbocycles. The van der Waals surface area contributed by atoms with Crippen molar-refractivity contribution in [2.45, 2.75) is 6.54 Å². The maximum atomic E-state index is 11.2. The van der Waals surface area contributed by atoms with Gasteiger partial charge in [-0.25, -0.2) is 4.79 Å². The van der Waals surface area contributed by atoms with Gasteiger partial charge in [-0.3, -0.25) is 0 Å². The van der Waals surface area contributed by atoms with Gasteiger partial charge in [0.2, 0.25) is 0 Å². The quantitative estimate of drug-likeness (QED) is 0.529. The largest absolute Gasteiger partial charge is 0.506 e. The second-order valence-electron chi connectivity index (χ2n) is 4.60. The standard InChI is InChI=1S/C14H11Br2N3O2/c15-9-3-7(4-10(16)13(9)20)6-17-8-1-2-11-12(5-8)19-14(21)18-11/h1-5,17,20H,6H2,(H2,18,19,21). The molecule has 0 amide bonds. The van der Waals surface area contributed by atoms with E-state index in [1.165, 1.54) is 0 Å². The highest BCUT2D eigenvalue weighted by Gasteiger charge is 2.06. The van der Waals surface area contributed by atoms with Crippen LogP contribution in [0.1, 0.15) is 5.56 Å². The van der Waals surface area contributed by atoms with Crippen LogP contribution in [-0.2, 0) is 6.54 Å². The third-order valence-corrected chi connectivity index (χ3v) is 4.30. The van der Waals surface area contributed by atoms with Gasteiger partial charge in [0, 0.05) is 12.2 Å². The topological polar surface area (TPSA) is 80.9 Å². The first-order chi connectivity index (χ1) is 10.0. The van der Waals surface area contributed by atoms with Crippen molar-refractivity contribution >= 4 is 48.6 Å². The van der Waals surface area contributed by atoms with Crippen LogP contribution < -0.4 is 11.0 Å². The second-order valence-corrected chi connectivity index (χ2v) is 6.31. The molecule has 4 N–H and O–H groups in total. The number of rotatable bonds is 3. The smallest absolute Gasteiger partial charge is 0.323 e. The van der Waals surface area contributed by atoms with Crippen molar-refractivity contribution in [1.82, 2.24) is 9.97 Å². The number of phenols is 1. The summed E-state index contributed by atoms with van der Waals surface area (Å²) in [5.41, 5.74) is 3.24. The number of imidazole rings is 1. The minimum Gasteiger partial charge on any atom is -0.506 e. The molecule has 108 valence electrons. The van der Waals surface area contributed by atoms with E-state index in [9.17, 15) is 9.90 Å². The first kappa shape index (κ1) is 14.2. The zero-order chi connectivity index (χ0) is 15.0. The highest BCUT2D eigenvalue weighted by atomic mass is 79.9. The molecule has 0 unspecified atom stereocenters. The average molecular weight is 413 g/mol. The van der Waals surface area contributed by atoms with E-state index in [-0.39, 0.29) is 11.4 Å². The number of benzene rings is 2. The summed E-state index contributed by atoms with van der Waals surface area (Å²) in [6.07, 6.45) is 0. The minimum atomic E-state index is -0.214. The van der Waals surface area contributed by atoms with E-state index in [4.69, 9.17) is 0 Å². The summed E-state index contributed by atoms with van der Waals surface area (Å²) in [5, 5.41) is 13.0. The Kier molecular flexibility index (Phi) is 3.77. The number of halogens is 2. The predicted octanol–water partition coefficient (Wildman–Crippen LogP) is 3.70. The molecule has 0 aliphatic rings. The number of phenolic OH excluding ortho intramolecular Hbond substituents is 1. The maximum absolute atomic E-state index is 11.2. The Balaban J connectivity index is 1.81. The molecule has 0 fully saturated rings. The monoisotopic (exact) mass is 411 g/mol. The summed E-state index contributed by atoms with van der Waals surface area (Å²) < 4.78 is 1.28. The summed E-state index contributed by atoms with van der Waals surface area (Å²) in [5.74, 6) is 0.185. The van der Waals surface area contributed by atoms with E-state index in [0.717, 1.165) is 22.3 Å². The van der Waals surface area contributed by atoms with Gasteiger partial charge in [0.1, 0.15) is 5.75 Å². The number of anilines is 1. The Bertz CT molecular complexity index is 847. The van der Waals surface area contributed by atoms with Crippen LogP contribution in [0.3, 0.4) is 0 Å². The first-order valence-corrected chi connectivity index (χ1v) is 7.74. The van der Waals surface area contributed by atoms with Gasteiger partial charge in [0.15, 0.2) is 0 Å². The van der Waals surface area contributed by atoms with Gasteiger partial charge in [0.25, 0.3) is 0 Å². The molecule has 0 radical (unpaired) electrons. The molecule has 0 atom stereocenters. The van der Waals surface area contributed by atoms with Crippen LogP contribution in [0.15, 0.2) is 44.1 Å². The van der Waals surface area contributed by atoms with E-state index in [1.807, 2.05) is 30.3 Å². The van der Waals surface area contributed by atoms with Gasteiger partial charge in [-0.05, 0) is 67.8 Å². The third kappa shape index (κ3) is 2.98. The highest BCUT2D eigenvalue weighted by Crippen LogP contribution is 2.33. The van der Waals surface area contributed by atoms with Crippen molar-refractivity contribution in [2.24, 2.45) is 0 Å². The van der Waals surface area contributed by atoms with Crippen LogP contribution in [0.25, 0.3) is 11.0 Å². The first-order valence-electron chi connectivity index (χ1n) is 6.16. The molecule has 3 rings (SSSR count). The van der Waals surface area contributed by atoms with Crippen LogP contribution >= 0.6 is 31.9 Å². The second kappa shape index (κ2) is 5.57. The van der Waals surface area contributed by atoms with Gasteiger partial charge in [0.05, 0.1) is 20.0 Å². The van der Waals surface area contributed by atoms with Gasteiger partial charge in [-0.2, -0.15) is 0 Å². The Morgan fingerprint density at radius 2 is 1.71 bits per heavy atom. The number of aromatic hydroxyl groups is 1. The lowest BCUT2D eigenvalue weighted by Crippen LogP contribution is -2.00. The van der Waals surface area contributed by atoms with Crippen LogP contribution in [-0.4, -0.2) is 15.1 Å². The highest BCUT2D eigenvalue weighted by molar-refractivity contribution is 9.11. The van der Waals surface area contributed by atoms with Crippen LogP contribution in [0.2, 0.25) is 0 Å². The van der Waals surface area contributed by atoms with Crippen LogP contribution in [0, 0.1) is 0 Å². The number of H-pyrrole nitrogens is 2. The van der Waals surface area contributed by atoms with Crippen molar-refractivity contribution in [3.63, 3.8) is 0 Å². The summed E-state index contributed by atoms with van der Waals surface area (Å²) >= 11 is 6.61. The van der Waals surface area contributed by atoms with Gasteiger partial charge in [-0.1, -0.05) is 0 Å². The fraction of sp³-hybridized carbons (Fsp3) is 0.0714. The molecule has 21 heavy (non-hydrogen) atoms. The fourth-order valence-electron chi connectivity index (χ4n) is 2.07. The summed E-state index contributed by atoms with van der Waals surface area (Å²) in [6, 6.07) is 9.32. The van der Waals surface area contributed by atoms with Crippen molar-refractivity contribution in [2.75, 3.05) is 5.32 Å². The third-order valence-electron chi connectivity index (χ3n) is 3.09. The van der Waals surface area contributed by atoms with Crippen LogP contribution in [0.5, 0.6) is 5.75 Å². The Morgan fingerprint density at radius 1 is 1.05 bits per heavy atom. The molecule has 0 saturated heterocycles. The Labute approximate surface area is 136 Å². The number of aromatic amines is 2. The molecular weight excluding hydrogens is 402 g/mol. The molecule has 1 heterocycles. The average Bonchev–Trinajstić information content (AvgIpc) is 2.81. The molecule has 0 aliphatic heterocycles. The van der Waals surface area contributed by atoms with Gasteiger partial charge < -0.3 is 20.4 Å². The molecule has 0 saturated carbocycles. The lowest BCUT2D eigenvalue weighted by atomic mass is 10.2. The molecule has 1 aromatic heterocycles. The van der Waals surface area contributed by atoms with Crippen molar-refractivity contribution in [1.29, 1.82) is 0 Å². The molecule has 3 aromatic rings. The molecular formula is C14H11Br2N3O2. The Hall–Kier alpha value is -1.73. The molecule has 0 bridgehead atoms. The van der Waals surface area contributed by atoms with E-state index >= 15 is 0 Å². The maximum Gasteiger partial charge on any atom is 0.323 e. The SMILES string of the molecule is O=c1[nH]c2ccc(NCc3cc(Br)c(O)c(Br)c3)cc2[nH]1. The lowest BCUT2D eigenvalue weighted by molar-refractivity contribution is 0.468. The Morgan fingerprint density at radius 3 is 2.43 bits per heavy atom. The van der Waals surface area contributed by atoms with E-state index < -0.39 is 0 Å².